The van der Waals surface area contributed by atoms with Gasteiger partial charge in [-0.05, 0) is 45.5 Å². The molecular weight excluding hydrogens is 346 g/mol. The minimum absolute atomic E-state index is 0.300. The van der Waals surface area contributed by atoms with Gasteiger partial charge in [-0.25, -0.2) is 4.79 Å². The number of allylic oxidation sites excluding steroid dienone is 3. The van der Waals surface area contributed by atoms with E-state index in [-0.39, 0.29) is 11.4 Å². The Balaban J connectivity index is 2.52. The summed E-state index contributed by atoms with van der Waals surface area (Å²) in [6.07, 6.45) is 8.31. The number of esters is 1. The van der Waals surface area contributed by atoms with Crippen LogP contribution in [0.2, 0.25) is 0 Å². The van der Waals surface area contributed by atoms with Gasteiger partial charge in [0, 0.05) is 17.5 Å². The van der Waals surface area contributed by atoms with E-state index in [1.54, 1.807) is 13.0 Å². The first-order chi connectivity index (χ1) is 13.5. The zero-order valence-electron chi connectivity index (χ0n) is 17.3. The molecule has 148 valence electrons. The maximum absolute atomic E-state index is 11.6. The second-order valence-corrected chi connectivity index (χ2v) is 7.19. The van der Waals surface area contributed by atoms with Gasteiger partial charge in [0.2, 0.25) is 0 Å². The Morgan fingerprint density at radius 3 is 2.00 bits per heavy atom. The van der Waals surface area contributed by atoms with Crippen LogP contribution in [0, 0.1) is 0 Å². The molecule has 0 spiro atoms. The van der Waals surface area contributed by atoms with Crippen LogP contribution < -0.4 is 0 Å². The third-order valence-electron chi connectivity index (χ3n) is 5.09. The van der Waals surface area contributed by atoms with Gasteiger partial charge in [-0.15, -0.1) is 0 Å². The van der Waals surface area contributed by atoms with Gasteiger partial charge in [0.25, 0.3) is 0 Å². The zero-order chi connectivity index (χ0) is 20.4. The van der Waals surface area contributed by atoms with Gasteiger partial charge < -0.3 is 9.64 Å². The predicted molar refractivity (Wildman–Crippen MR) is 116 cm³/mol. The van der Waals surface area contributed by atoms with Crippen molar-refractivity contribution < 1.29 is 9.53 Å². The first kappa shape index (κ1) is 21.6. The molecule has 1 unspecified atom stereocenters. The van der Waals surface area contributed by atoms with E-state index in [2.05, 4.69) is 80.5 Å². The fourth-order valence-electron chi connectivity index (χ4n) is 3.33. The summed E-state index contributed by atoms with van der Waals surface area (Å²) in [6, 6.07) is 21.5. The predicted octanol–water partition coefficient (Wildman–Crippen LogP) is 4.99. The number of rotatable bonds is 9. The van der Waals surface area contributed by atoms with Gasteiger partial charge in [0.05, 0.1) is 6.61 Å². The SMILES string of the molecule is CCOC(=O)/C=C/C=C/C(CC(C)N(C)C)(c1ccccc1)c1ccccc1. The topological polar surface area (TPSA) is 29.5 Å². The first-order valence-corrected chi connectivity index (χ1v) is 9.79. The van der Waals surface area contributed by atoms with E-state index in [1.807, 2.05) is 18.2 Å². The van der Waals surface area contributed by atoms with Gasteiger partial charge in [0.1, 0.15) is 0 Å². The van der Waals surface area contributed by atoms with Crippen molar-refractivity contribution in [2.24, 2.45) is 0 Å². The molecule has 0 saturated heterocycles. The van der Waals surface area contributed by atoms with Crippen molar-refractivity contribution in [3.05, 3.63) is 96.1 Å². The smallest absolute Gasteiger partial charge is 0.330 e. The summed E-state index contributed by atoms with van der Waals surface area (Å²) >= 11 is 0. The van der Waals surface area contributed by atoms with Crippen molar-refractivity contribution >= 4 is 5.97 Å². The van der Waals surface area contributed by atoms with E-state index in [0.717, 1.165) is 6.42 Å². The van der Waals surface area contributed by atoms with Crippen molar-refractivity contribution in [3.63, 3.8) is 0 Å². The Bertz CT molecular complexity index is 739. The Morgan fingerprint density at radius 1 is 1.00 bits per heavy atom. The molecule has 0 aliphatic carbocycles. The summed E-state index contributed by atoms with van der Waals surface area (Å²) < 4.78 is 4.97. The van der Waals surface area contributed by atoms with E-state index >= 15 is 0 Å². The van der Waals surface area contributed by atoms with Crippen molar-refractivity contribution in [2.75, 3.05) is 20.7 Å². The number of carbonyl (C=O) groups is 1. The fraction of sp³-hybridized carbons (Fsp3) is 0.320. The highest BCUT2D eigenvalue weighted by Gasteiger charge is 2.33. The molecule has 2 rings (SSSR count). The summed E-state index contributed by atoms with van der Waals surface area (Å²) in [5.41, 5.74) is 2.16. The quantitative estimate of drug-likeness (QED) is 0.350. The third-order valence-corrected chi connectivity index (χ3v) is 5.09. The molecular formula is C25H31NO2. The lowest BCUT2D eigenvalue weighted by Crippen LogP contribution is -2.36. The zero-order valence-corrected chi connectivity index (χ0v) is 17.3. The lowest BCUT2D eigenvalue weighted by atomic mass is 9.70. The highest BCUT2D eigenvalue weighted by atomic mass is 16.5. The second-order valence-electron chi connectivity index (χ2n) is 7.19. The first-order valence-electron chi connectivity index (χ1n) is 9.79. The van der Waals surface area contributed by atoms with Crippen LogP contribution in [-0.4, -0.2) is 37.6 Å². The van der Waals surface area contributed by atoms with Gasteiger partial charge >= 0.3 is 5.97 Å². The third kappa shape index (κ3) is 5.67. The molecule has 0 radical (unpaired) electrons. The van der Waals surface area contributed by atoms with Crippen LogP contribution in [0.15, 0.2) is 85.0 Å². The lowest BCUT2D eigenvalue weighted by Gasteiger charge is -2.36. The molecule has 0 N–H and O–H groups in total. The highest BCUT2D eigenvalue weighted by Crippen LogP contribution is 2.39. The molecule has 28 heavy (non-hydrogen) atoms. The fourth-order valence-corrected chi connectivity index (χ4v) is 3.33. The number of benzene rings is 2. The average molecular weight is 378 g/mol. The van der Waals surface area contributed by atoms with Crippen molar-refractivity contribution in [1.82, 2.24) is 4.90 Å². The number of hydrogen-bond donors (Lipinski definition) is 0. The second kappa shape index (κ2) is 10.6. The van der Waals surface area contributed by atoms with Crippen molar-refractivity contribution in [2.45, 2.75) is 31.7 Å². The van der Waals surface area contributed by atoms with Crippen LogP contribution in [0.25, 0.3) is 0 Å². The number of ether oxygens (including phenoxy) is 1. The number of carbonyl (C=O) groups excluding carboxylic acids is 1. The Hall–Kier alpha value is -2.65. The van der Waals surface area contributed by atoms with Crippen molar-refractivity contribution in [3.8, 4) is 0 Å². The number of hydrogen-bond acceptors (Lipinski definition) is 3. The molecule has 0 saturated carbocycles. The molecule has 0 heterocycles. The molecule has 0 aliphatic rings. The van der Waals surface area contributed by atoms with Crippen LogP contribution in [-0.2, 0) is 14.9 Å². The summed E-state index contributed by atoms with van der Waals surface area (Å²) in [7, 11) is 4.21. The summed E-state index contributed by atoms with van der Waals surface area (Å²) in [5.74, 6) is -0.321. The van der Waals surface area contributed by atoms with Gasteiger partial charge in [-0.3, -0.25) is 0 Å². The molecule has 0 amide bonds. The molecule has 0 fully saturated rings. The Kier molecular flexibility index (Phi) is 8.21. The highest BCUT2D eigenvalue weighted by molar-refractivity contribution is 5.82. The minimum Gasteiger partial charge on any atom is -0.463 e. The van der Waals surface area contributed by atoms with E-state index in [4.69, 9.17) is 4.74 Å². The molecule has 3 heteroatoms. The largest absolute Gasteiger partial charge is 0.463 e. The van der Waals surface area contributed by atoms with Gasteiger partial charge in [0.15, 0.2) is 0 Å². The maximum Gasteiger partial charge on any atom is 0.330 e. The van der Waals surface area contributed by atoms with Crippen LogP contribution >= 0.6 is 0 Å². The molecule has 1 atom stereocenters. The van der Waals surface area contributed by atoms with E-state index in [1.165, 1.54) is 17.2 Å². The van der Waals surface area contributed by atoms with Crippen LogP contribution in [0.4, 0.5) is 0 Å². The van der Waals surface area contributed by atoms with Crippen LogP contribution in [0.3, 0.4) is 0 Å². The molecule has 0 aromatic heterocycles. The Labute approximate surface area is 169 Å². The van der Waals surface area contributed by atoms with E-state index < -0.39 is 0 Å². The minimum atomic E-state index is -0.321. The normalized spacial score (nSPS) is 13.3. The molecule has 3 nitrogen and oxygen atoms in total. The van der Waals surface area contributed by atoms with Crippen molar-refractivity contribution in [1.29, 1.82) is 0 Å². The molecule has 2 aromatic carbocycles. The van der Waals surface area contributed by atoms with Crippen LogP contribution in [0.5, 0.6) is 0 Å². The monoisotopic (exact) mass is 377 g/mol. The summed E-state index contributed by atoms with van der Waals surface area (Å²) in [5, 5.41) is 0. The van der Waals surface area contributed by atoms with Crippen LogP contribution in [0.1, 0.15) is 31.4 Å². The van der Waals surface area contributed by atoms with E-state index in [0.29, 0.717) is 12.6 Å². The summed E-state index contributed by atoms with van der Waals surface area (Å²) in [4.78, 5) is 13.9. The lowest BCUT2D eigenvalue weighted by molar-refractivity contribution is -0.137. The molecule has 2 aromatic rings. The van der Waals surface area contributed by atoms with Gasteiger partial charge in [-0.2, -0.15) is 0 Å². The van der Waals surface area contributed by atoms with Gasteiger partial charge in [-0.1, -0.05) is 78.9 Å². The summed E-state index contributed by atoms with van der Waals surface area (Å²) in [6.45, 7) is 4.42. The standard InChI is InChI=1S/C25H31NO2/c1-5-28-24(27)18-12-13-19-25(20-21(2)26(3)4,22-14-8-6-9-15-22)23-16-10-7-11-17-23/h6-19,21H,5,20H2,1-4H3/b18-12+,19-13+. The van der Waals surface area contributed by atoms with E-state index in [9.17, 15) is 4.79 Å². The maximum atomic E-state index is 11.6. The average Bonchev–Trinajstić information content (AvgIpc) is 2.71. The molecule has 0 bridgehead atoms. The number of nitrogens with zero attached hydrogens (tertiary/aromatic N) is 1. The Morgan fingerprint density at radius 2 is 1.54 bits per heavy atom. The molecule has 0 aliphatic heterocycles.